The Balaban J connectivity index is 2.01. The zero-order valence-corrected chi connectivity index (χ0v) is 12.6. The van der Waals surface area contributed by atoms with Gasteiger partial charge in [0.2, 0.25) is 0 Å². The summed E-state index contributed by atoms with van der Waals surface area (Å²) in [6, 6.07) is 25.7. The summed E-state index contributed by atoms with van der Waals surface area (Å²) in [7, 11) is 0. The summed E-state index contributed by atoms with van der Waals surface area (Å²) in [6.45, 7) is 2.18. The molecule has 0 saturated carbocycles. The Bertz CT molecular complexity index is 796. The molecule has 2 heteroatoms. The van der Waals surface area contributed by atoms with Gasteiger partial charge in [-0.05, 0) is 42.8 Å². The van der Waals surface area contributed by atoms with Crippen molar-refractivity contribution in [3.63, 3.8) is 0 Å². The Morgan fingerprint density at radius 2 is 1.43 bits per heavy atom. The lowest BCUT2D eigenvalue weighted by Gasteiger charge is -2.34. The van der Waals surface area contributed by atoms with E-state index in [1.807, 2.05) is 11.8 Å². The van der Waals surface area contributed by atoms with E-state index in [0.717, 1.165) is 0 Å². The number of fused-ring (bicyclic) bond motifs is 2. The largest absolute Gasteiger partial charge is 0.308 e. The van der Waals surface area contributed by atoms with Gasteiger partial charge in [-0.2, -0.15) is 0 Å². The van der Waals surface area contributed by atoms with Crippen LogP contribution in [-0.2, 0) is 0 Å². The highest BCUT2D eigenvalue weighted by atomic mass is 32.2. The Hall–Kier alpha value is -2.19. The van der Waals surface area contributed by atoms with Gasteiger partial charge < -0.3 is 4.90 Å². The van der Waals surface area contributed by atoms with Gasteiger partial charge in [0, 0.05) is 15.5 Å². The number of rotatable bonds is 1. The molecule has 21 heavy (non-hydrogen) atoms. The van der Waals surface area contributed by atoms with Gasteiger partial charge in [-0.15, -0.1) is 0 Å². The van der Waals surface area contributed by atoms with Crippen LogP contribution in [0, 0.1) is 6.92 Å². The van der Waals surface area contributed by atoms with E-state index in [0.29, 0.717) is 0 Å². The van der Waals surface area contributed by atoms with Gasteiger partial charge in [-0.3, -0.25) is 0 Å². The summed E-state index contributed by atoms with van der Waals surface area (Å²) in [5.41, 5.74) is 5.07. The Labute approximate surface area is 129 Å². The van der Waals surface area contributed by atoms with Crippen LogP contribution in [0.2, 0.25) is 0 Å². The molecular weight excluding hydrogens is 274 g/mol. The Morgan fingerprint density at radius 1 is 0.714 bits per heavy atom. The predicted molar refractivity (Wildman–Crippen MR) is 90.0 cm³/mol. The summed E-state index contributed by atoms with van der Waals surface area (Å²) >= 11 is 1.85. The van der Waals surface area contributed by atoms with Crippen molar-refractivity contribution in [2.75, 3.05) is 4.90 Å². The van der Waals surface area contributed by atoms with E-state index in [-0.39, 0.29) is 0 Å². The third-order valence-electron chi connectivity index (χ3n) is 3.76. The number of hydrogen-bond donors (Lipinski definition) is 0. The van der Waals surface area contributed by atoms with Gasteiger partial charge in [0.1, 0.15) is 0 Å². The van der Waals surface area contributed by atoms with E-state index in [9.17, 15) is 0 Å². The normalized spacial score (nSPS) is 12.7. The lowest BCUT2D eigenvalue weighted by molar-refractivity contribution is 1.14. The molecule has 0 aliphatic carbocycles. The van der Waals surface area contributed by atoms with Gasteiger partial charge in [-0.25, -0.2) is 0 Å². The van der Waals surface area contributed by atoms with Crippen molar-refractivity contribution in [2.45, 2.75) is 16.7 Å². The minimum Gasteiger partial charge on any atom is -0.308 e. The van der Waals surface area contributed by atoms with Gasteiger partial charge in [0.25, 0.3) is 0 Å². The maximum atomic E-state index is 2.37. The van der Waals surface area contributed by atoms with Gasteiger partial charge >= 0.3 is 0 Å². The van der Waals surface area contributed by atoms with Gasteiger partial charge in [-0.1, -0.05) is 54.2 Å². The predicted octanol–water partition coefficient (Wildman–Crippen LogP) is 5.93. The molecule has 0 saturated heterocycles. The fourth-order valence-corrected chi connectivity index (χ4v) is 3.96. The van der Waals surface area contributed by atoms with Crippen LogP contribution >= 0.6 is 11.8 Å². The molecule has 0 bridgehead atoms. The second kappa shape index (κ2) is 4.97. The molecular formula is C19H15NS. The monoisotopic (exact) mass is 289 g/mol. The summed E-state index contributed by atoms with van der Waals surface area (Å²) in [5, 5.41) is 0. The highest BCUT2D eigenvalue weighted by Crippen LogP contribution is 2.52. The molecule has 0 radical (unpaired) electrons. The summed E-state index contributed by atoms with van der Waals surface area (Å²) < 4.78 is 0. The third kappa shape index (κ3) is 2.03. The molecule has 1 aliphatic heterocycles. The fraction of sp³-hybridized carbons (Fsp3) is 0.0526. The molecule has 0 amide bonds. The minimum atomic E-state index is 1.21. The van der Waals surface area contributed by atoms with Crippen molar-refractivity contribution in [2.24, 2.45) is 0 Å². The van der Waals surface area contributed by atoms with Crippen LogP contribution in [0.25, 0.3) is 0 Å². The smallest absolute Gasteiger partial charge is 0.0630 e. The van der Waals surface area contributed by atoms with Crippen molar-refractivity contribution >= 4 is 28.8 Å². The summed E-state index contributed by atoms with van der Waals surface area (Å²) in [4.78, 5) is 4.99. The molecule has 0 aromatic heterocycles. The van der Waals surface area contributed by atoms with E-state index in [1.165, 1.54) is 32.4 Å². The zero-order chi connectivity index (χ0) is 14.2. The second-order valence-corrected chi connectivity index (χ2v) is 6.25. The van der Waals surface area contributed by atoms with Crippen molar-refractivity contribution < 1.29 is 0 Å². The number of aryl methyl sites for hydroxylation is 1. The third-order valence-corrected chi connectivity index (χ3v) is 4.88. The van der Waals surface area contributed by atoms with Crippen LogP contribution in [0.5, 0.6) is 0 Å². The minimum absolute atomic E-state index is 1.21. The van der Waals surface area contributed by atoms with E-state index in [4.69, 9.17) is 0 Å². The molecule has 102 valence electrons. The molecule has 0 unspecified atom stereocenters. The first-order valence-electron chi connectivity index (χ1n) is 7.06. The van der Waals surface area contributed by atoms with Crippen LogP contribution in [0.15, 0.2) is 82.6 Å². The van der Waals surface area contributed by atoms with Crippen molar-refractivity contribution in [1.82, 2.24) is 0 Å². The van der Waals surface area contributed by atoms with E-state index >= 15 is 0 Å². The van der Waals surface area contributed by atoms with Crippen LogP contribution in [0.4, 0.5) is 17.1 Å². The average molecular weight is 289 g/mol. The van der Waals surface area contributed by atoms with Gasteiger partial charge in [0.15, 0.2) is 0 Å². The molecule has 0 spiro atoms. The molecule has 3 aromatic rings. The Kier molecular flexibility index (Phi) is 2.97. The van der Waals surface area contributed by atoms with Crippen LogP contribution in [0.3, 0.4) is 0 Å². The summed E-state index contributed by atoms with van der Waals surface area (Å²) in [6.07, 6.45) is 0. The average Bonchev–Trinajstić information content (AvgIpc) is 2.54. The van der Waals surface area contributed by atoms with Crippen molar-refractivity contribution in [3.05, 3.63) is 78.4 Å². The molecule has 0 atom stereocenters. The van der Waals surface area contributed by atoms with Gasteiger partial charge in [0.05, 0.1) is 11.4 Å². The molecule has 4 rings (SSSR count). The van der Waals surface area contributed by atoms with Crippen LogP contribution < -0.4 is 4.90 Å². The molecule has 1 aliphatic rings. The first-order valence-corrected chi connectivity index (χ1v) is 7.88. The zero-order valence-electron chi connectivity index (χ0n) is 11.8. The van der Waals surface area contributed by atoms with E-state index in [1.54, 1.807) is 0 Å². The lowest BCUT2D eigenvalue weighted by atomic mass is 10.1. The topological polar surface area (TPSA) is 3.24 Å². The Morgan fingerprint density at radius 3 is 2.29 bits per heavy atom. The lowest BCUT2D eigenvalue weighted by Crippen LogP contribution is -2.15. The van der Waals surface area contributed by atoms with E-state index < -0.39 is 0 Å². The first kappa shape index (κ1) is 12.5. The summed E-state index contributed by atoms with van der Waals surface area (Å²) in [5.74, 6) is 0. The maximum absolute atomic E-state index is 2.37. The van der Waals surface area contributed by atoms with Crippen molar-refractivity contribution in [1.29, 1.82) is 0 Å². The maximum Gasteiger partial charge on any atom is 0.0630 e. The van der Waals surface area contributed by atoms with E-state index in [2.05, 4.69) is 84.6 Å². The molecule has 0 N–H and O–H groups in total. The highest BCUT2D eigenvalue weighted by molar-refractivity contribution is 7.99. The number of anilines is 3. The fourth-order valence-electron chi connectivity index (χ4n) is 2.81. The van der Waals surface area contributed by atoms with Crippen LogP contribution in [-0.4, -0.2) is 0 Å². The SMILES string of the molecule is Cc1cccc2c1N(c1ccccc1)c1ccccc1S2. The molecule has 1 nitrogen and oxygen atoms in total. The second-order valence-electron chi connectivity index (χ2n) is 5.16. The van der Waals surface area contributed by atoms with Crippen LogP contribution in [0.1, 0.15) is 5.56 Å². The molecule has 3 aromatic carbocycles. The molecule has 0 fully saturated rings. The number of benzene rings is 3. The van der Waals surface area contributed by atoms with Crippen molar-refractivity contribution in [3.8, 4) is 0 Å². The number of para-hydroxylation sites is 3. The first-order chi connectivity index (χ1) is 10.3. The highest BCUT2D eigenvalue weighted by Gasteiger charge is 2.25. The standard InChI is InChI=1S/C19H15NS/c1-14-8-7-13-18-19(14)20(15-9-3-2-4-10-15)16-11-5-6-12-17(16)21-18/h2-13H,1H3. The quantitative estimate of drug-likeness (QED) is 0.427. The number of nitrogens with zero attached hydrogens (tertiary/aromatic N) is 1. The molecule has 1 heterocycles. The number of hydrogen-bond acceptors (Lipinski definition) is 2.